The highest BCUT2D eigenvalue weighted by Gasteiger charge is 2.24. The number of nitrogens with zero attached hydrogens (tertiary/aromatic N) is 4. The van der Waals surface area contributed by atoms with Crippen LogP contribution < -0.4 is 0 Å². The minimum Gasteiger partial charge on any atom is -0.507 e. The Labute approximate surface area is 114 Å². The summed E-state index contributed by atoms with van der Waals surface area (Å²) in [7, 11) is 0. The van der Waals surface area contributed by atoms with Gasteiger partial charge in [-0.3, -0.25) is 4.79 Å². The van der Waals surface area contributed by atoms with Crippen molar-refractivity contribution in [2.24, 2.45) is 0 Å². The number of phenolic OH excluding ortho intramolecular Hbond substituents is 1. The van der Waals surface area contributed by atoms with Gasteiger partial charge in [0, 0.05) is 18.1 Å². The molecule has 2 heterocycles. The van der Waals surface area contributed by atoms with Crippen LogP contribution in [-0.4, -0.2) is 37.2 Å². The molecular formula is C12H11ClN4O2. The lowest BCUT2D eigenvalue weighted by Gasteiger charge is -2.27. The molecule has 0 fully saturated rings. The molecule has 1 aliphatic rings. The number of rotatable bonds is 1. The van der Waals surface area contributed by atoms with E-state index in [2.05, 4.69) is 10.2 Å². The van der Waals surface area contributed by atoms with E-state index in [0.29, 0.717) is 24.7 Å². The second kappa shape index (κ2) is 4.55. The van der Waals surface area contributed by atoms with Gasteiger partial charge in [0.1, 0.15) is 12.1 Å². The molecule has 98 valence electrons. The molecule has 0 unspecified atom stereocenters. The molecule has 0 atom stereocenters. The van der Waals surface area contributed by atoms with Crippen LogP contribution in [0.2, 0.25) is 5.02 Å². The van der Waals surface area contributed by atoms with Gasteiger partial charge in [-0.05, 0) is 18.2 Å². The fourth-order valence-electron chi connectivity index (χ4n) is 2.09. The number of fused-ring (bicyclic) bond motifs is 1. The maximum atomic E-state index is 12.4. The molecule has 0 saturated heterocycles. The molecule has 0 radical (unpaired) electrons. The van der Waals surface area contributed by atoms with Crippen LogP contribution in [-0.2, 0) is 13.1 Å². The van der Waals surface area contributed by atoms with Crippen LogP contribution >= 0.6 is 11.6 Å². The summed E-state index contributed by atoms with van der Waals surface area (Å²) in [6.45, 7) is 1.58. The summed E-state index contributed by atoms with van der Waals surface area (Å²) in [6, 6.07) is 4.43. The first kappa shape index (κ1) is 12.0. The fraction of sp³-hybridized carbons (Fsp3) is 0.250. The number of amides is 1. The molecule has 7 heteroatoms. The number of benzene rings is 1. The Morgan fingerprint density at radius 3 is 3.05 bits per heavy atom. The van der Waals surface area contributed by atoms with Crippen molar-refractivity contribution in [3.8, 4) is 5.75 Å². The number of hydrogen-bond donors (Lipinski definition) is 1. The Morgan fingerprint density at radius 1 is 1.37 bits per heavy atom. The first-order chi connectivity index (χ1) is 9.15. The molecule has 0 spiro atoms. The highest BCUT2D eigenvalue weighted by atomic mass is 35.5. The summed E-state index contributed by atoms with van der Waals surface area (Å²) in [5.74, 6) is 0.414. The summed E-state index contributed by atoms with van der Waals surface area (Å²) in [5, 5.41) is 17.9. The zero-order valence-corrected chi connectivity index (χ0v) is 10.7. The van der Waals surface area contributed by atoms with Gasteiger partial charge in [0.05, 0.1) is 12.1 Å². The minimum atomic E-state index is -0.255. The largest absolute Gasteiger partial charge is 0.507 e. The highest BCUT2D eigenvalue weighted by Crippen LogP contribution is 2.24. The topological polar surface area (TPSA) is 71.2 Å². The first-order valence-electron chi connectivity index (χ1n) is 5.79. The Hall–Kier alpha value is -2.08. The number of phenols is 1. The fourth-order valence-corrected chi connectivity index (χ4v) is 2.26. The normalized spacial score (nSPS) is 14.3. The van der Waals surface area contributed by atoms with Gasteiger partial charge in [0.15, 0.2) is 5.82 Å². The van der Waals surface area contributed by atoms with Crippen molar-refractivity contribution in [2.75, 3.05) is 6.54 Å². The monoisotopic (exact) mass is 278 g/mol. The average molecular weight is 279 g/mol. The van der Waals surface area contributed by atoms with Crippen LogP contribution in [0.5, 0.6) is 5.75 Å². The molecule has 6 nitrogen and oxygen atoms in total. The number of carbonyl (C=O) groups is 1. The van der Waals surface area contributed by atoms with E-state index in [1.54, 1.807) is 17.3 Å². The van der Waals surface area contributed by atoms with Gasteiger partial charge in [0.2, 0.25) is 0 Å². The van der Waals surface area contributed by atoms with Crippen molar-refractivity contribution < 1.29 is 9.90 Å². The summed E-state index contributed by atoms with van der Waals surface area (Å²) in [4.78, 5) is 14.0. The predicted molar refractivity (Wildman–Crippen MR) is 67.9 cm³/mol. The molecule has 1 amide bonds. The van der Waals surface area contributed by atoms with Crippen LogP contribution in [0.1, 0.15) is 16.2 Å². The molecule has 1 aromatic heterocycles. The number of halogens is 1. The van der Waals surface area contributed by atoms with Crippen molar-refractivity contribution in [2.45, 2.75) is 13.1 Å². The third kappa shape index (κ3) is 2.15. The summed E-state index contributed by atoms with van der Waals surface area (Å²) >= 11 is 5.86. The van der Waals surface area contributed by atoms with Gasteiger partial charge in [-0.2, -0.15) is 0 Å². The van der Waals surface area contributed by atoms with Gasteiger partial charge in [-0.25, -0.2) is 0 Å². The smallest absolute Gasteiger partial charge is 0.258 e. The molecule has 0 bridgehead atoms. The molecule has 19 heavy (non-hydrogen) atoms. The van der Waals surface area contributed by atoms with Crippen LogP contribution in [0.25, 0.3) is 0 Å². The van der Waals surface area contributed by atoms with Crippen molar-refractivity contribution >= 4 is 17.5 Å². The van der Waals surface area contributed by atoms with Crippen molar-refractivity contribution in [3.05, 3.63) is 40.9 Å². The van der Waals surface area contributed by atoms with E-state index in [0.717, 1.165) is 5.82 Å². The number of aromatic hydroxyl groups is 1. The SMILES string of the molecule is O=C(c1cc(Cl)ccc1O)N1CCn2cnnc2C1. The van der Waals surface area contributed by atoms with Crippen LogP contribution in [0.3, 0.4) is 0 Å². The van der Waals surface area contributed by atoms with E-state index < -0.39 is 0 Å². The van der Waals surface area contributed by atoms with Gasteiger partial charge < -0.3 is 14.6 Å². The molecular weight excluding hydrogens is 268 g/mol. The van der Waals surface area contributed by atoms with Crippen LogP contribution in [0, 0.1) is 0 Å². The Bertz CT molecular complexity index is 640. The molecule has 3 rings (SSSR count). The minimum absolute atomic E-state index is 0.0681. The third-order valence-corrected chi connectivity index (χ3v) is 3.35. The Kier molecular flexibility index (Phi) is 2.87. The van der Waals surface area contributed by atoms with Crippen LogP contribution in [0.15, 0.2) is 24.5 Å². The molecule has 0 aliphatic carbocycles. The van der Waals surface area contributed by atoms with Gasteiger partial charge in [0.25, 0.3) is 5.91 Å². The van der Waals surface area contributed by atoms with Crippen molar-refractivity contribution in [1.82, 2.24) is 19.7 Å². The van der Waals surface area contributed by atoms with E-state index in [9.17, 15) is 9.90 Å². The molecule has 0 saturated carbocycles. The maximum Gasteiger partial charge on any atom is 0.258 e. The maximum absolute atomic E-state index is 12.4. The third-order valence-electron chi connectivity index (χ3n) is 3.12. The predicted octanol–water partition coefficient (Wildman–Crippen LogP) is 1.29. The molecule has 1 N–H and O–H groups in total. The second-order valence-corrected chi connectivity index (χ2v) is 4.77. The second-order valence-electron chi connectivity index (χ2n) is 4.33. The summed E-state index contributed by atoms with van der Waals surface area (Å²) < 4.78 is 1.90. The van der Waals surface area contributed by atoms with Crippen molar-refractivity contribution in [1.29, 1.82) is 0 Å². The van der Waals surface area contributed by atoms with E-state index in [1.807, 2.05) is 4.57 Å². The lowest BCUT2D eigenvalue weighted by molar-refractivity contribution is 0.0704. The Balaban J connectivity index is 1.87. The number of aromatic nitrogens is 3. The van der Waals surface area contributed by atoms with E-state index in [-0.39, 0.29) is 17.2 Å². The quantitative estimate of drug-likeness (QED) is 0.853. The van der Waals surface area contributed by atoms with Crippen LogP contribution in [0.4, 0.5) is 0 Å². The van der Waals surface area contributed by atoms with E-state index in [4.69, 9.17) is 11.6 Å². The van der Waals surface area contributed by atoms with Gasteiger partial charge >= 0.3 is 0 Å². The Morgan fingerprint density at radius 2 is 2.21 bits per heavy atom. The number of hydrogen-bond acceptors (Lipinski definition) is 4. The number of carbonyl (C=O) groups excluding carboxylic acids is 1. The van der Waals surface area contributed by atoms with Crippen molar-refractivity contribution in [3.63, 3.8) is 0 Å². The lowest BCUT2D eigenvalue weighted by atomic mass is 10.1. The molecule has 1 aliphatic heterocycles. The lowest BCUT2D eigenvalue weighted by Crippen LogP contribution is -2.38. The zero-order valence-electron chi connectivity index (χ0n) is 9.95. The van der Waals surface area contributed by atoms with Gasteiger partial charge in [-0.15, -0.1) is 10.2 Å². The summed E-state index contributed by atoms with van der Waals surface area (Å²) in [6.07, 6.45) is 1.65. The zero-order chi connectivity index (χ0) is 13.4. The van der Waals surface area contributed by atoms with E-state index >= 15 is 0 Å². The van der Waals surface area contributed by atoms with E-state index in [1.165, 1.54) is 12.1 Å². The molecule has 1 aromatic carbocycles. The summed E-state index contributed by atoms with van der Waals surface area (Å²) in [5.41, 5.74) is 0.209. The standard InChI is InChI=1S/C12H11ClN4O2/c13-8-1-2-10(18)9(5-8)12(19)16-3-4-17-7-14-15-11(17)6-16/h1-2,5,7,18H,3-4,6H2. The highest BCUT2D eigenvalue weighted by molar-refractivity contribution is 6.31. The van der Waals surface area contributed by atoms with Gasteiger partial charge in [-0.1, -0.05) is 11.6 Å². The average Bonchev–Trinajstić information content (AvgIpc) is 2.88. The molecule has 2 aromatic rings. The first-order valence-corrected chi connectivity index (χ1v) is 6.17.